The minimum absolute atomic E-state index is 0.0424. The van der Waals surface area contributed by atoms with Crippen LogP contribution >= 0.6 is 11.6 Å². The fourth-order valence-corrected chi connectivity index (χ4v) is 4.12. The largest absolute Gasteiger partial charge is 0.495 e. The number of ether oxygens (including phenoxy) is 2. The van der Waals surface area contributed by atoms with Gasteiger partial charge >= 0.3 is 0 Å². The second-order valence-electron chi connectivity index (χ2n) is 5.98. The van der Waals surface area contributed by atoms with Crippen molar-refractivity contribution >= 4 is 33.0 Å². The van der Waals surface area contributed by atoms with Gasteiger partial charge in [-0.25, -0.2) is 8.42 Å². The molecule has 1 heterocycles. The van der Waals surface area contributed by atoms with Crippen molar-refractivity contribution in [2.24, 2.45) is 0 Å². The zero-order valence-corrected chi connectivity index (χ0v) is 17.2. The molecule has 2 aromatic carbocycles. The van der Waals surface area contributed by atoms with Gasteiger partial charge in [-0.15, -0.1) is 0 Å². The van der Waals surface area contributed by atoms with E-state index < -0.39 is 15.7 Å². The molecule has 0 spiro atoms. The Hall–Kier alpha value is -2.97. The van der Waals surface area contributed by atoms with Crippen LogP contribution in [0.3, 0.4) is 0 Å². The molecular formula is C20H18ClNO6S. The average Bonchev–Trinajstić information content (AvgIpc) is 3.17. The summed E-state index contributed by atoms with van der Waals surface area (Å²) < 4.78 is 40.7. The first-order valence-corrected chi connectivity index (χ1v) is 10.5. The second-order valence-corrected chi connectivity index (χ2v) is 8.38. The SMILES string of the molecule is COc1cc(NC(=O)c2ccc(CS(=O)(=O)c3ccccc3)o2)c(OC)cc1Cl. The van der Waals surface area contributed by atoms with E-state index in [0.29, 0.717) is 22.2 Å². The third-order valence-corrected chi connectivity index (χ3v) is 5.99. The molecule has 0 radical (unpaired) electrons. The van der Waals surface area contributed by atoms with Crippen molar-refractivity contribution in [3.8, 4) is 11.5 Å². The quantitative estimate of drug-likeness (QED) is 0.598. The van der Waals surface area contributed by atoms with Gasteiger partial charge in [0.25, 0.3) is 5.91 Å². The second kappa shape index (κ2) is 8.59. The number of carbonyl (C=O) groups is 1. The summed E-state index contributed by atoms with van der Waals surface area (Å²) in [5.74, 6) is -0.128. The van der Waals surface area contributed by atoms with Gasteiger partial charge in [-0.2, -0.15) is 0 Å². The van der Waals surface area contributed by atoms with Crippen LogP contribution in [-0.2, 0) is 15.6 Å². The molecule has 0 aliphatic heterocycles. The molecule has 3 rings (SSSR count). The third-order valence-electron chi connectivity index (χ3n) is 4.04. The molecule has 7 nitrogen and oxygen atoms in total. The summed E-state index contributed by atoms with van der Waals surface area (Å²) in [7, 11) is -0.698. The van der Waals surface area contributed by atoms with Crippen molar-refractivity contribution in [3.63, 3.8) is 0 Å². The number of nitrogens with one attached hydrogen (secondary N) is 1. The lowest BCUT2D eigenvalue weighted by Gasteiger charge is -2.12. The van der Waals surface area contributed by atoms with Gasteiger partial charge in [0.1, 0.15) is 23.0 Å². The Kier molecular flexibility index (Phi) is 6.14. The van der Waals surface area contributed by atoms with Gasteiger partial charge in [0, 0.05) is 12.1 Å². The van der Waals surface area contributed by atoms with Crippen LogP contribution in [-0.4, -0.2) is 28.5 Å². The topological polar surface area (TPSA) is 94.8 Å². The van der Waals surface area contributed by atoms with E-state index in [4.69, 9.17) is 25.5 Å². The summed E-state index contributed by atoms with van der Waals surface area (Å²) in [4.78, 5) is 12.7. The van der Waals surface area contributed by atoms with Crippen molar-refractivity contribution in [1.82, 2.24) is 0 Å². The zero-order valence-electron chi connectivity index (χ0n) is 15.6. The lowest BCUT2D eigenvalue weighted by atomic mass is 10.2. The fourth-order valence-electron chi connectivity index (χ4n) is 2.62. The molecule has 0 unspecified atom stereocenters. The first-order chi connectivity index (χ1) is 13.8. The van der Waals surface area contributed by atoms with E-state index in [9.17, 15) is 13.2 Å². The van der Waals surface area contributed by atoms with Crippen molar-refractivity contribution in [3.05, 3.63) is 71.1 Å². The average molecular weight is 436 g/mol. The van der Waals surface area contributed by atoms with Gasteiger partial charge in [0.15, 0.2) is 15.6 Å². The molecule has 152 valence electrons. The van der Waals surface area contributed by atoms with Crippen LogP contribution in [0.25, 0.3) is 0 Å². The Morgan fingerprint density at radius 2 is 1.72 bits per heavy atom. The van der Waals surface area contributed by atoms with Crippen molar-refractivity contribution in [1.29, 1.82) is 0 Å². The van der Waals surface area contributed by atoms with Gasteiger partial charge in [-0.05, 0) is 24.3 Å². The number of amides is 1. The van der Waals surface area contributed by atoms with Crippen LogP contribution in [0.4, 0.5) is 5.69 Å². The highest BCUT2D eigenvalue weighted by Crippen LogP contribution is 2.36. The van der Waals surface area contributed by atoms with E-state index >= 15 is 0 Å². The number of halogens is 1. The number of hydrogen-bond acceptors (Lipinski definition) is 6. The van der Waals surface area contributed by atoms with E-state index in [1.165, 1.54) is 50.6 Å². The lowest BCUT2D eigenvalue weighted by Crippen LogP contribution is -2.12. The standard InChI is InChI=1S/C20H18ClNO6S/c1-26-18-11-16(19(27-2)10-15(18)21)22-20(23)17-9-8-13(28-17)12-29(24,25)14-6-4-3-5-7-14/h3-11H,12H2,1-2H3,(H,22,23). The Balaban J connectivity index is 1.78. The number of carbonyl (C=O) groups excluding carboxylic acids is 1. The first-order valence-electron chi connectivity index (χ1n) is 8.43. The smallest absolute Gasteiger partial charge is 0.291 e. The summed E-state index contributed by atoms with van der Waals surface area (Å²) in [6.07, 6.45) is 0. The van der Waals surface area contributed by atoms with Gasteiger partial charge in [0.2, 0.25) is 0 Å². The summed E-state index contributed by atoms with van der Waals surface area (Å²) in [5.41, 5.74) is 0.327. The predicted molar refractivity (Wildman–Crippen MR) is 109 cm³/mol. The Morgan fingerprint density at radius 3 is 2.38 bits per heavy atom. The van der Waals surface area contributed by atoms with Gasteiger partial charge in [0.05, 0.1) is 29.8 Å². The lowest BCUT2D eigenvalue weighted by molar-refractivity contribution is 0.0995. The monoisotopic (exact) mass is 435 g/mol. The molecule has 0 bridgehead atoms. The molecule has 0 fully saturated rings. The number of furan rings is 1. The van der Waals surface area contributed by atoms with Gasteiger partial charge in [-0.3, -0.25) is 4.79 Å². The predicted octanol–water partition coefficient (Wildman–Crippen LogP) is 4.18. The molecule has 1 N–H and O–H groups in total. The third kappa shape index (κ3) is 4.72. The van der Waals surface area contributed by atoms with Crippen LogP contribution in [0, 0.1) is 0 Å². The number of rotatable bonds is 7. The maximum Gasteiger partial charge on any atom is 0.291 e. The number of hydrogen-bond donors (Lipinski definition) is 1. The van der Waals surface area contributed by atoms with Crippen molar-refractivity contribution in [2.45, 2.75) is 10.6 Å². The summed E-state index contributed by atoms with van der Waals surface area (Å²) in [5, 5.41) is 2.97. The van der Waals surface area contributed by atoms with E-state index in [1.807, 2.05) is 0 Å². The molecule has 0 saturated carbocycles. The summed E-state index contributed by atoms with van der Waals surface area (Å²) in [6.45, 7) is 0. The highest BCUT2D eigenvalue weighted by atomic mass is 35.5. The number of anilines is 1. The van der Waals surface area contributed by atoms with Crippen LogP contribution in [0.2, 0.25) is 5.02 Å². The van der Waals surface area contributed by atoms with E-state index in [2.05, 4.69) is 5.32 Å². The molecule has 3 aromatic rings. The Labute approximate surface area is 173 Å². The van der Waals surface area contributed by atoms with E-state index in [-0.39, 0.29) is 22.2 Å². The van der Waals surface area contributed by atoms with Gasteiger partial charge in [-0.1, -0.05) is 29.8 Å². The van der Waals surface area contributed by atoms with E-state index in [1.54, 1.807) is 18.2 Å². The highest BCUT2D eigenvalue weighted by molar-refractivity contribution is 7.90. The summed E-state index contributed by atoms with van der Waals surface area (Å²) >= 11 is 6.06. The summed E-state index contributed by atoms with van der Waals surface area (Å²) in [6, 6.07) is 13.9. The van der Waals surface area contributed by atoms with Gasteiger partial charge < -0.3 is 19.2 Å². The molecule has 0 aliphatic carbocycles. The molecule has 29 heavy (non-hydrogen) atoms. The highest BCUT2D eigenvalue weighted by Gasteiger charge is 2.20. The number of methoxy groups -OCH3 is 2. The molecule has 1 amide bonds. The zero-order chi connectivity index (χ0) is 21.0. The minimum atomic E-state index is -3.59. The van der Waals surface area contributed by atoms with Crippen LogP contribution in [0.1, 0.15) is 16.3 Å². The van der Waals surface area contributed by atoms with Crippen molar-refractivity contribution < 1.29 is 27.1 Å². The molecule has 0 saturated heterocycles. The maximum absolute atomic E-state index is 12.5. The Morgan fingerprint density at radius 1 is 1.03 bits per heavy atom. The molecular weight excluding hydrogens is 418 g/mol. The Bertz CT molecular complexity index is 1130. The van der Waals surface area contributed by atoms with Crippen LogP contribution < -0.4 is 14.8 Å². The normalized spacial score (nSPS) is 11.1. The molecule has 0 atom stereocenters. The molecule has 1 aromatic heterocycles. The first kappa shape index (κ1) is 20.8. The van der Waals surface area contributed by atoms with Crippen LogP contribution in [0.5, 0.6) is 11.5 Å². The molecule has 9 heteroatoms. The maximum atomic E-state index is 12.5. The minimum Gasteiger partial charge on any atom is -0.495 e. The van der Waals surface area contributed by atoms with Crippen molar-refractivity contribution in [2.75, 3.05) is 19.5 Å². The van der Waals surface area contributed by atoms with E-state index in [0.717, 1.165) is 0 Å². The fraction of sp³-hybridized carbons (Fsp3) is 0.150. The number of sulfone groups is 1. The van der Waals surface area contributed by atoms with Crippen LogP contribution in [0.15, 0.2) is 63.9 Å². The number of benzene rings is 2. The molecule has 0 aliphatic rings.